The predicted octanol–water partition coefficient (Wildman–Crippen LogP) is 2.74. The van der Waals surface area contributed by atoms with E-state index in [2.05, 4.69) is 15.3 Å². The molecule has 0 bridgehead atoms. The molecular weight excluding hydrogens is 242 g/mol. The van der Waals surface area contributed by atoms with Crippen LogP contribution in [0.2, 0.25) is 0 Å². The molecule has 0 radical (unpaired) electrons. The first-order valence-corrected chi connectivity index (χ1v) is 6.01. The monoisotopic (exact) mass is 257 g/mol. The lowest BCUT2D eigenvalue weighted by molar-refractivity contribution is 0.112. The molecule has 0 aliphatic carbocycles. The highest BCUT2D eigenvalue weighted by atomic mass is 16.5. The van der Waals surface area contributed by atoms with Crippen LogP contribution in [-0.2, 0) is 0 Å². The van der Waals surface area contributed by atoms with Gasteiger partial charge in [0.05, 0.1) is 12.2 Å². The quantitative estimate of drug-likeness (QED) is 0.834. The van der Waals surface area contributed by atoms with Crippen LogP contribution in [0.3, 0.4) is 0 Å². The van der Waals surface area contributed by atoms with Crippen molar-refractivity contribution in [3.05, 3.63) is 41.9 Å². The van der Waals surface area contributed by atoms with E-state index in [1.807, 2.05) is 31.2 Å². The van der Waals surface area contributed by atoms with Gasteiger partial charge in [0.15, 0.2) is 6.29 Å². The minimum absolute atomic E-state index is 0.430. The Morgan fingerprint density at radius 3 is 2.68 bits per heavy atom. The number of carbonyl (C=O) groups is 1. The number of nitrogens with one attached hydrogen (secondary N) is 1. The van der Waals surface area contributed by atoms with E-state index in [1.165, 1.54) is 6.20 Å². The second-order valence-electron chi connectivity index (χ2n) is 3.92. The summed E-state index contributed by atoms with van der Waals surface area (Å²) >= 11 is 0. The molecule has 2 rings (SSSR count). The normalized spacial score (nSPS) is 10.0. The number of anilines is 2. The molecule has 1 aromatic heterocycles. The SMILES string of the molecule is CCOc1ccc(Nc2nc(C)ncc2C=O)cc1. The summed E-state index contributed by atoms with van der Waals surface area (Å²) < 4.78 is 5.37. The summed E-state index contributed by atoms with van der Waals surface area (Å²) in [6.07, 6.45) is 2.24. The maximum Gasteiger partial charge on any atom is 0.155 e. The average Bonchev–Trinajstić information content (AvgIpc) is 2.42. The van der Waals surface area contributed by atoms with Gasteiger partial charge < -0.3 is 10.1 Å². The zero-order chi connectivity index (χ0) is 13.7. The molecule has 5 heteroatoms. The van der Waals surface area contributed by atoms with Crippen LogP contribution >= 0.6 is 0 Å². The van der Waals surface area contributed by atoms with E-state index in [1.54, 1.807) is 6.92 Å². The number of benzene rings is 1. The van der Waals surface area contributed by atoms with Crippen LogP contribution in [0.4, 0.5) is 11.5 Å². The summed E-state index contributed by atoms with van der Waals surface area (Å²) in [4.78, 5) is 19.1. The van der Waals surface area contributed by atoms with Crippen LogP contribution < -0.4 is 10.1 Å². The predicted molar refractivity (Wildman–Crippen MR) is 73.1 cm³/mol. The number of hydrogen-bond donors (Lipinski definition) is 1. The van der Waals surface area contributed by atoms with Gasteiger partial charge in [0.1, 0.15) is 17.4 Å². The second kappa shape index (κ2) is 5.95. The van der Waals surface area contributed by atoms with Gasteiger partial charge in [-0.3, -0.25) is 4.79 Å². The molecule has 0 saturated carbocycles. The van der Waals surface area contributed by atoms with Crippen LogP contribution in [0.5, 0.6) is 5.75 Å². The van der Waals surface area contributed by atoms with Crippen molar-refractivity contribution >= 4 is 17.8 Å². The number of rotatable bonds is 5. The van der Waals surface area contributed by atoms with Crippen LogP contribution in [0.15, 0.2) is 30.5 Å². The van der Waals surface area contributed by atoms with Gasteiger partial charge in [-0.2, -0.15) is 0 Å². The highest BCUT2D eigenvalue weighted by Gasteiger charge is 2.05. The standard InChI is InChI=1S/C14H15N3O2/c1-3-19-13-6-4-12(5-7-13)17-14-11(9-18)8-15-10(2)16-14/h4-9H,3H2,1-2H3,(H,15,16,17). The van der Waals surface area contributed by atoms with Gasteiger partial charge in [-0.1, -0.05) is 0 Å². The molecule has 0 fully saturated rings. The summed E-state index contributed by atoms with van der Waals surface area (Å²) in [5, 5.41) is 3.10. The number of aryl methyl sites for hydroxylation is 1. The van der Waals surface area contributed by atoms with Gasteiger partial charge in [-0.15, -0.1) is 0 Å². The first kappa shape index (κ1) is 13.0. The fraction of sp³-hybridized carbons (Fsp3) is 0.214. The van der Waals surface area contributed by atoms with Crippen molar-refractivity contribution in [3.63, 3.8) is 0 Å². The fourth-order valence-corrected chi connectivity index (χ4v) is 1.60. The third-order valence-electron chi connectivity index (χ3n) is 2.49. The number of ether oxygens (including phenoxy) is 1. The van der Waals surface area contributed by atoms with Crippen molar-refractivity contribution in [2.75, 3.05) is 11.9 Å². The highest BCUT2D eigenvalue weighted by Crippen LogP contribution is 2.20. The van der Waals surface area contributed by atoms with Crippen molar-refractivity contribution in [1.29, 1.82) is 0 Å². The van der Waals surface area contributed by atoms with Crippen molar-refractivity contribution in [3.8, 4) is 5.75 Å². The highest BCUT2D eigenvalue weighted by molar-refractivity contribution is 5.83. The maximum atomic E-state index is 10.9. The Morgan fingerprint density at radius 1 is 1.32 bits per heavy atom. The van der Waals surface area contributed by atoms with Gasteiger partial charge in [0.2, 0.25) is 0 Å². The topological polar surface area (TPSA) is 64.1 Å². The van der Waals surface area contributed by atoms with Gasteiger partial charge in [-0.25, -0.2) is 9.97 Å². The van der Waals surface area contributed by atoms with Crippen molar-refractivity contribution in [1.82, 2.24) is 9.97 Å². The van der Waals surface area contributed by atoms with E-state index >= 15 is 0 Å². The largest absolute Gasteiger partial charge is 0.494 e. The average molecular weight is 257 g/mol. The summed E-state index contributed by atoms with van der Waals surface area (Å²) in [5.74, 6) is 1.92. The van der Waals surface area contributed by atoms with Crippen molar-refractivity contribution in [2.24, 2.45) is 0 Å². The van der Waals surface area contributed by atoms with Crippen LogP contribution in [-0.4, -0.2) is 22.9 Å². The maximum absolute atomic E-state index is 10.9. The van der Waals surface area contributed by atoms with Crippen LogP contribution in [0.1, 0.15) is 23.1 Å². The molecule has 1 heterocycles. The van der Waals surface area contributed by atoms with Gasteiger partial charge in [0.25, 0.3) is 0 Å². The summed E-state index contributed by atoms with van der Waals surface area (Å²) in [6, 6.07) is 7.47. The fourth-order valence-electron chi connectivity index (χ4n) is 1.60. The molecule has 0 aliphatic rings. The molecule has 1 aromatic carbocycles. The van der Waals surface area contributed by atoms with E-state index in [0.717, 1.165) is 17.7 Å². The number of hydrogen-bond acceptors (Lipinski definition) is 5. The molecule has 1 N–H and O–H groups in total. The van der Waals surface area contributed by atoms with E-state index in [9.17, 15) is 4.79 Å². The first-order chi connectivity index (χ1) is 9.22. The Balaban J connectivity index is 2.20. The number of carbonyl (C=O) groups excluding carboxylic acids is 1. The molecule has 0 amide bonds. The summed E-state index contributed by atoms with van der Waals surface area (Å²) in [5.41, 5.74) is 1.27. The molecule has 0 unspecified atom stereocenters. The lowest BCUT2D eigenvalue weighted by atomic mass is 10.2. The third kappa shape index (κ3) is 3.28. The van der Waals surface area contributed by atoms with E-state index < -0.39 is 0 Å². The Bertz CT molecular complexity index is 567. The first-order valence-electron chi connectivity index (χ1n) is 6.01. The summed E-state index contributed by atoms with van der Waals surface area (Å²) in [6.45, 7) is 4.34. The van der Waals surface area contributed by atoms with Gasteiger partial charge >= 0.3 is 0 Å². The van der Waals surface area contributed by atoms with Crippen molar-refractivity contribution < 1.29 is 9.53 Å². The van der Waals surface area contributed by atoms with Crippen LogP contribution in [0.25, 0.3) is 0 Å². The molecule has 0 aliphatic heterocycles. The third-order valence-corrected chi connectivity index (χ3v) is 2.49. The minimum atomic E-state index is 0.430. The molecular formula is C14H15N3O2. The number of aromatic nitrogens is 2. The minimum Gasteiger partial charge on any atom is -0.494 e. The second-order valence-corrected chi connectivity index (χ2v) is 3.92. The molecule has 19 heavy (non-hydrogen) atoms. The molecule has 0 atom stereocenters. The Kier molecular flexibility index (Phi) is 4.07. The Hall–Kier alpha value is -2.43. The lowest BCUT2D eigenvalue weighted by Gasteiger charge is -2.09. The van der Waals surface area contributed by atoms with Gasteiger partial charge in [0, 0.05) is 11.9 Å². The van der Waals surface area contributed by atoms with E-state index in [4.69, 9.17) is 4.74 Å². The molecule has 5 nitrogen and oxygen atoms in total. The zero-order valence-corrected chi connectivity index (χ0v) is 10.9. The van der Waals surface area contributed by atoms with E-state index in [0.29, 0.717) is 23.8 Å². The van der Waals surface area contributed by atoms with Crippen molar-refractivity contribution in [2.45, 2.75) is 13.8 Å². The molecule has 2 aromatic rings. The molecule has 98 valence electrons. The number of aldehydes is 1. The number of nitrogens with zero attached hydrogens (tertiary/aromatic N) is 2. The lowest BCUT2D eigenvalue weighted by Crippen LogP contribution is -2.01. The van der Waals surface area contributed by atoms with Gasteiger partial charge in [-0.05, 0) is 38.1 Å². The van der Waals surface area contributed by atoms with Crippen LogP contribution in [0, 0.1) is 6.92 Å². The van der Waals surface area contributed by atoms with E-state index in [-0.39, 0.29) is 0 Å². The smallest absolute Gasteiger partial charge is 0.155 e. The Morgan fingerprint density at radius 2 is 2.05 bits per heavy atom. The summed E-state index contributed by atoms with van der Waals surface area (Å²) in [7, 11) is 0. The zero-order valence-electron chi connectivity index (χ0n) is 10.9. The Labute approximate surface area is 111 Å². The molecule has 0 spiro atoms. The molecule has 0 saturated heterocycles.